The molecule has 0 spiro atoms. The van der Waals surface area contributed by atoms with Crippen LogP contribution >= 0.6 is 27.7 Å². The second-order valence-electron chi connectivity index (χ2n) is 5.55. The molecule has 140 valence electrons. The number of amides is 1. The standard InChI is InChI=1S/C21H15BrN2O3S/c1-26-16-9-7-15(8-10-16)24-20(25)14(13-23)11-17-12-19(22)21(27-17)28-18-5-3-2-4-6-18/h2-12H,1H3,(H,24,25)/b14-11-. The highest BCUT2D eigenvalue weighted by Crippen LogP contribution is 2.36. The smallest absolute Gasteiger partial charge is 0.266 e. The van der Waals surface area contributed by atoms with Gasteiger partial charge in [0.05, 0.1) is 11.6 Å². The van der Waals surface area contributed by atoms with E-state index in [1.807, 2.05) is 36.4 Å². The van der Waals surface area contributed by atoms with Crippen molar-refractivity contribution in [2.24, 2.45) is 0 Å². The lowest BCUT2D eigenvalue weighted by Gasteiger charge is -2.05. The van der Waals surface area contributed by atoms with Crippen LogP contribution in [-0.2, 0) is 4.79 Å². The van der Waals surface area contributed by atoms with Crippen LogP contribution in [0.25, 0.3) is 6.08 Å². The lowest BCUT2D eigenvalue weighted by atomic mass is 10.2. The van der Waals surface area contributed by atoms with Crippen LogP contribution in [0, 0.1) is 11.3 Å². The van der Waals surface area contributed by atoms with Crippen molar-refractivity contribution in [1.29, 1.82) is 5.26 Å². The maximum Gasteiger partial charge on any atom is 0.266 e. The molecule has 3 aromatic rings. The Morgan fingerprint density at radius 1 is 1.21 bits per heavy atom. The Morgan fingerprint density at radius 3 is 2.57 bits per heavy atom. The summed E-state index contributed by atoms with van der Waals surface area (Å²) in [6, 6.07) is 20.2. The summed E-state index contributed by atoms with van der Waals surface area (Å²) in [7, 11) is 1.57. The zero-order chi connectivity index (χ0) is 19.9. The largest absolute Gasteiger partial charge is 0.497 e. The van der Waals surface area contributed by atoms with Gasteiger partial charge in [0, 0.05) is 16.7 Å². The molecule has 0 saturated carbocycles. The molecule has 1 N–H and O–H groups in total. The van der Waals surface area contributed by atoms with Crippen molar-refractivity contribution in [3.05, 3.63) is 76.5 Å². The third-order valence-electron chi connectivity index (χ3n) is 3.63. The number of nitrogens with one attached hydrogen (secondary N) is 1. The van der Waals surface area contributed by atoms with Crippen LogP contribution in [0.5, 0.6) is 5.75 Å². The molecule has 28 heavy (non-hydrogen) atoms. The molecule has 0 unspecified atom stereocenters. The molecule has 0 aliphatic rings. The molecule has 1 aromatic heterocycles. The van der Waals surface area contributed by atoms with Gasteiger partial charge >= 0.3 is 0 Å². The van der Waals surface area contributed by atoms with Gasteiger partial charge in [0.2, 0.25) is 0 Å². The van der Waals surface area contributed by atoms with E-state index in [4.69, 9.17) is 9.15 Å². The predicted molar refractivity (Wildman–Crippen MR) is 112 cm³/mol. The molecule has 1 amide bonds. The number of methoxy groups -OCH3 is 1. The Hall–Kier alpha value is -2.95. The average Bonchev–Trinajstić information content (AvgIpc) is 3.06. The summed E-state index contributed by atoms with van der Waals surface area (Å²) in [4.78, 5) is 13.4. The number of ether oxygens (including phenoxy) is 1. The highest BCUT2D eigenvalue weighted by atomic mass is 79.9. The van der Waals surface area contributed by atoms with Crippen LogP contribution in [0.2, 0.25) is 0 Å². The first-order valence-electron chi connectivity index (χ1n) is 8.18. The summed E-state index contributed by atoms with van der Waals surface area (Å²) in [5.74, 6) is 0.571. The van der Waals surface area contributed by atoms with Gasteiger partial charge in [0.25, 0.3) is 5.91 Å². The molecular weight excluding hydrogens is 440 g/mol. The van der Waals surface area contributed by atoms with Gasteiger partial charge in [-0.05, 0) is 58.4 Å². The zero-order valence-corrected chi connectivity index (χ0v) is 17.2. The molecule has 5 nitrogen and oxygen atoms in total. The third kappa shape index (κ3) is 5.06. The van der Waals surface area contributed by atoms with Crippen molar-refractivity contribution in [1.82, 2.24) is 0 Å². The fourth-order valence-corrected chi connectivity index (χ4v) is 3.62. The van der Waals surface area contributed by atoms with Gasteiger partial charge in [-0.25, -0.2) is 0 Å². The molecule has 0 saturated heterocycles. The van der Waals surface area contributed by atoms with E-state index in [1.54, 1.807) is 37.4 Å². The van der Waals surface area contributed by atoms with Crippen LogP contribution in [0.15, 0.2) is 85.1 Å². The highest BCUT2D eigenvalue weighted by molar-refractivity contribution is 9.10. The number of carbonyl (C=O) groups excluding carboxylic acids is 1. The maximum absolute atomic E-state index is 12.4. The van der Waals surface area contributed by atoms with Crippen molar-refractivity contribution in [2.45, 2.75) is 9.99 Å². The lowest BCUT2D eigenvalue weighted by Crippen LogP contribution is -2.13. The number of benzene rings is 2. The molecule has 3 rings (SSSR count). The quantitative estimate of drug-likeness (QED) is 0.379. The van der Waals surface area contributed by atoms with E-state index in [9.17, 15) is 10.1 Å². The Labute approximate surface area is 175 Å². The van der Waals surface area contributed by atoms with Crippen molar-refractivity contribution >= 4 is 45.4 Å². The number of halogens is 1. The molecule has 1 heterocycles. The Balaban J connectivity index is 1.75. The molecule has 0 aliphatic heterocycles. The number of nitrogens with zero attached hydrogens (tertiary/aromatic N) is 1. The fraction of sp³-hybridized carbons (Fsp3) is 0.0476. The zero-order valence-electron chi connectivity index (χ0n) is 14.8. The van der Waals surface area contributed by atoms with E-state index in [2.05, 4.69) is 21.2 Å². The lowest BCUT2D eigenvalue weighted by molar-refractivity contribution is -0.112. The normalized spacial score (nSPS) is 11.0. The first-order valence-corrected chi connectivity index (χ1v) is 9.79. The third-order valence-corrected chi connectivity index (χ3v) is 5.48. The number of hydrogen-bond donors (Lipinski definition) is 1. The summed E-state index contributed by atoms with van der Waals surface area (Å²) in [5.41, 5.74) is 0.501. The molecule has 0 fully saturated rings. The van der Waals surface area contributed by atoms with Gasteiger partial charge in [-0.15, -0.1) is 0 Å². The second kappa shape index (κ2) is 9.31. The van der Waals surface area contributed by atoms with Crippen molar-refractivity contribution in [2.75, 3.05) is 12.4 Å². The van der Waals surface area contributed by atoms with E-state index < -0.39 is 5.91 Å². The van der Waals surface area contributed by atoms with Gasteiger partial charge in [-0.1, -0.05) is 30.0 Å². The Morgan fingerprint density at radius 2 is 1.93 bits per heavy atom. The van der Waals surface area contributed by atoms with Crippen molar-refractivity contribution in [3.63, 3.8) is 0 Å². The molecule has 0 atom stereocenters. The predicted octanol–water partition coefficient (Wildman–Crippen LogP) is 5.75. The second-order valence-corrected chi connectivity index (χ2v) is 7.45. The van der Waals surface area contributed by atoms with E-state index >= 15 is 0 Å². The molecule has 0 bridgehead atoms. The number of rotatable bonds is 6. The summed E-state index contributed by atoms with van der Waals surface area (Å²) in [6.07, 6.45) is 1.42. The van der Waals surface area contributed by atoms with Gasteiger partial charge in [-0.2, -0.15) is 5.26 Å². The number of anilines is 1. The number of carbonyl (C=O) groups is 1. The maximum atomic E-state index is 12.4. The van der Waals surface area contributed by atoms with E-state index in [0.29, 0.717) is 22.3 Å². The summed E-state index contributed by atoms with van der Waals surface area (Å²) >= 11 is 4.90. The topological polar surface area (TPSA) is 75.3 Å². The molecule has 2 aromatic carbocycles. The highest BCUT2D eigenvalue weighted by Gasteiger charge is 2.14. The minimum absolute atomic E-state index is 0.0617. The average molecular weight is 455 g/mol. The number of furan rings is 1. The van der Waals surface area contributed by atoms with Crippen LogP contribution in [0.3, 0.4) is 0 Å². The Kier molecular flexibility index (Phi) is 6.58. The first kappa shape index (κ1) is 19.8. The van der Waals surface area contributed by atoms with Crippen LogP contribution in [0.1, 0.15) is 5.76 Å². The molecular formula is C21H15BrN2O3S. The van der Waals surface area contributed by atoms with Gasteiger partial charge in [0.15, 0.2) is 5.09 Å². The summed E-state index contributed by atoms with van der Waals surface area (Å²) < 4.78 is 11.6. The van der Waals surface area contributed by atoms with Gasteiger partial charge in [-0.3, -0.25) is 4.79 Å². The summed E-state index contributed by atoms with van der Waals surface area (Å²) in [5, 5.41) is 12.7. The molecule has 0 radical (unpaired) electrons. The van der Waals surface area contributed by atoms with Gasteiger partial charge in [0.1, 0.15) is 23.2 Å². The first-order chi connectivity index (χ1) is 13.6. The van der Waals surface area contributed by atoms with E-state index in [-0.39, 0.29) is 5.57 Å². The number of hydrogen-bond acceptors (Lipinski definition) is 5. The summed E-state index contributed by atoms with van der Waals surface area (Å²) in [6.45, 7) is 0. The van der Waals surface area contributed by atoms with Crippen LogP contribution in [0.4, 0.5) is 5.69 Å². The minimum Gasteiger partial charge on any atom is -0.497 e. The minimum atomic E-state index is -0.516. The van der Waals surface area contributed by atoms with E-state index in [0.717, 1.165) is 9.37 Å². The van der Waals surface area contributed by atoms with Crippen LogP contribution < -0.4 is 10.1 Å². The number of nitriles is 1. The van der Waals surface area contributed by atoms with Crippen LogP contribution in [-0.4, -0.2) is 13.0 Å². The molecule has 0 aliphatic carbocycles. The SMILES string of the molecule is COc1ccc(NC(=O)/C(C#N)=C\c2cc(Br)c(Sc3ccccc3)o2)cc1. The monoisotopic (exact) mass is 454 g/mol. The van der Waals surface area contributed by atoms with E-state index in [1.165, 1.54) is 17.8 Å². The van der Waals surface area contributed by atoms with Crippen molar-refractivity contribution < 1.29 is 13.9 Å². The molecule has 7 heteroatoms. The van der Waals surface area contributed by atoms with Crippen molar-refractivity contribution in [3.8, 4) is 11.8 Å². The Bertz CT molecular complexity index is 1040. The van der Waals surface area contributed by atoms with Gasteiger partial charge < -0.3 is 14.5 Å². The fourth-order valence-electron chi connectivity index (χ4n) is 2.27.